The van der Waals surface area contributed by atoms with Gasteiger partial charge in [-0.25, -0.2) is 4.79 Å². The van der Waals surface area contributed by atoms with Crippen LogP contribution in [0.5, 0.6) is 0 Å². The first-order chi connectivity index (χ1) is 12.5. The molecule has 0 aromatic carbocycles. The van der Waals surface area contributed by atoms with E-state index in [0.717, 1.165) is 6.42 Å². The third-order valence-electron chi connectivity index (χ3n) is 3.94. The first-order valence-electron chi connectivity index (χ1n) is 9.46. The van der Waals surface area contributed by atoms with Gasteiger partial charge in [0, 0.05) is 13.0 Å². The summed E-state index contributed by atoms with van der Waals surface area (Å²) in [7, 11) is 2.95. The van der Waals surface area contributed by atoms with Crippen molar-refractivity contribution < 1.29 is 23.9 Å². The van der Waals surface area contributed by atoms with Crippen LogP contribution in [0.25, 0.3) is 0 Å². The fraction of sp³-hybridized carbons (Fsp3) is 0.850. The Labute approximate surface area is 171 Å². The molecule has 0 rings (SSSR count). The highest BCUT2D eigenvalue weighted by molar-refractivity contribution is 5.85. The second-order valence-corrected chi connectivity index (χ2v) is 6.95. The van der Waals surface area contributed by atoms with E-state index in [1.165, 1.54) is 7.11 Å². The molecule has 3 N–H and O–H groups in total. The van der Waals surface area contributed by atoms with Gasteiger partial charge in [-0.2, -0.15) is 0 Å². The minimum atomic E-state index is -0.533. The maximum absolute atomic E-state index is 11.5. The lowest BCUT2D eigenvalue weighted by Gasteiger charge is -2.22. The Morgan fingerprint density at radius 3 is 1.86 bits per heavy atom. The molecule has 0 aliphatic heterocycles. The van der Waals surface area contributed by atoms with Crippen LogP contribution in [-0.2, 0) is 23.9 Å². The molecule has 8 nitrogen and oxygen atoms in total. The van der Waals surface area contributed by atoms with Gasteiger partial charge in [0.1, 0.15) is 6.04 Å². The SMILES string of the molecule is C.CC[C@H](C)[C@H](NC(=O)C(C)C)C(=O)OC.CNC(=O)C(C)NCOC(C)C. The molecule has 168 valence electrons. The molecular formula is C20H43N3O5. The zero-order valence-electron chi connectivity index (χ0n) is 18.3. The van der Waals surface area contributed by atoms with E-state index in [4.69, 9.17) is 4.74 Å². The maximum Gasteiger partial charge on any atom is 0.328 e. The van der Waals surface area contributed by atoms with Crippen molar-refractivity contribution in [2.75, 3.05) is 20.9 Å². The van der Waals surface area contributed by atoms with Gasteiger partial charge in [-0.15, -0.1) is 0 Å². The Hall–Kier alpha value is -1.67. The van der Waals surface area contributed by atoms with Crippen LogP contribution in [0.4, 0.5) is 0 Å². The molecule has 0 heterocycles. The summed E-state index contributed by atoms with van der Waals surface area (Å²) in [5.41, 5.74) is 0. The van der Waals surface area contributed by atoms with Crippen molar-refractivity contribution in [3.05, 3.63) is 0 Å². The van der Waals surface area contributed by atoms with Crippen molar-refractivity contribution in [2.45, 2.75) is 80.5 Å². The average molecular weight is 406 g/mol. The minimum absolute atomic E-state index is 0. The van der Waals surface area contributed by atoms with E-state index < -0.39 is 6.04 Å². The highest BCUT2D eigenvalue weighted by atomic mass is 16.5. The second-order valence-electron chi connectivity index (χ2n) is 6.95. The molecule has 0 spiro atoms. The van der Waals surface area contributed by atoms with Gasteiger partial charge < -0.3 is 20.1 Å². The molecule has 0 bridgehead atoms. The van der Waals surface area contributed by atoms with Gasteiger partial charge in [0.05, 0.1) is 26.0 Å². The summed E-state index contributed by atoms with van der Waals surface area (Å²) in [6.07, 6.45) is 1.01. The number of hydrogen-bond acceptors (Lipinski definition) is 6. The number of nitrogens with one attached hydrogen (secondary N) is 3. The maximum atomic E-state index is 11.5. The molecule has 0 aromatic rings. The van der Waals surface area contributed by atoms with E-state index in [1.807, 2.05) is 27.7 Å². The number of carbonyl (C=O) groups is 3. The van der Waals surface area contributed by atoms with Crippen LogP contribution in [0.1, 0.15) is 62.3 Å². The number of ether oxygens (including phenoxy) is 2. The first kappa shape index (κ1) is 31.0. The van der Waals surface area contributed by atoms with Gasteiger partial charge >= 0.3 is 5.97 Å². The van der Waals surface area contributed by atoms with Crippen LogP contribution in [0.2, 0.25) is 0 Å². The number of hydrogen-bond donors (Lipinski definition) is 3. The minimum Gasteiger partial charge on any atom is -0.467 e. The summed E-state index contributed by atoms with van der Waals surface area (Å²) in [5.74, 6) is -0.562. The van der Waals surface area contributed by atoms with Crippen LogP contribution in [0.3, 0.4) is 0 Å². The molecule has 28 heavy (non-hydrogen) atoms. The summed E-state index contributed by atoms with van der Waals surface area (Å²) in [6.45, 7) is 13.6. The quantitative estimate of drug-likeness (QED) is 0.380. The summed E-state index contributed by atoms with van der Waals surface area (Å²) >= 11 is 0. The molecule has 0 saturated carbocycles. The number of amides is 2. The summed E-state index contributed by atoms with van der Waals surface area (Å²) in [6, 6.07) is -0.733. The largest absolute Gasteiger partial charge is 0.467 e. The molecular weight excluding hydrogens is 362 g/mol. The normalized spacial score (nSPS) is 13.4. The number of carbonyl (C=O) groups excluding carboxylic acids is 3. The number of esters is 1. The average Bonchev–Trinajstić information content (AvgIpc) is 2.63. The predicted molar refractivity (Wildman–Crippen MR) is 113 cm³/mol. The van der Waals surface area contributed by atoms with Crippen LogP contribution in [0.15, 0.2) is 0 Å². The fourth-order valence-electron chi connectivity index (χ4n) is 1.77. The van der Waals surface area contributed by atoms with Gasteiger partial charge in [0.25, 0.3) is 0 Å². The van der Waals surface area contributed by atoms with Crippen molar-refractivity contribution in [1.29, 1.82) is 0 Å². The molecule has 0 radical (unpaired) electrons. The van der Waals surface area contributed by atoms with Crippen molar-refractivity contribution >= 4 is 17.8 Å². The lowest BCUT2D eigenvalue weighted by atomic mass is 9.98. The Bertz CT molecular complexity index is 442. The van der Waals surface area contributed by atoms with Crippen molar-refractivity contribution in [3.63, 3.8) is 0 Å². The molecule has 0 aromatic heterocycles. The molecule has 8 heteroatoms. The predicted octanol–water partition coefficient (Wildman–Crippen LogP) is 2.08. The smallest absolute Gasteiger partial charge is 0.328 e. The molecule has 1 unspecified atom stereocenters. The van der Waals surface area contributed by atoms with E-state index in [2.05, 4.69) is 20.7 Å². The monoisotopic (exact) mass is 405 g/mol. The van der Waals surface area contributed by atoms with Crippen LogP contribution in [0, 0.1) is 11.8 Å². The standard InChI is InChI=1S/C11H21NO3.C8H18N2O2.CH4/c1-6-8(4)9(11(14)15-5)12-10(13)7(2)3;1-6(2)12-5-10-7(3)8(11)9-4;/h7-9H,6H2,1-5H3,(H,12,13);6-7,10H,5H2,1-4H3,(H,9,11);1H4/t8-,9-;;/m0../s1. The van der Waals surface area contributed by atoms with Gasteiger partial charge in [0.15, 0.2) is 0 Å². The van der Waals surface area contributed by atoms with Gasteiger partial charge in [0.2, 0.25) is 11.8 Å². The summed E-state index contributed by atoms with van der Waals surface area (Å²) in [5, 5.41) is 8.18. The van der Waals surface area contributed by atoms with Crippen molar-refractivity contribution in [1.82, 2.24) is 16.0 Å². The van der Waals surface area contributed by atoms with E-state index in [1.54, 1.807) is 27.8 Å². The molecule has 2 amide bonds. The lowest BCUT2D eigenvalue weighted by molar-refractivity contribution is -0.147. The number of methoxy groups -OCH3 is 1. The first-order valence-corrected chi connectivity index (χ1v) is 9.46. The van der Waals surface area contributed by atoms with Crippen molar-refractivity contribution in [3.8, 4) is 0 Å². The van der Waals surface area contributed by atoms with Crippen LogP contribution >= 0.6 is 0 Å². The Balaban J connectivity index is -0.000000441. The zero-order valence-corrected chi connectivity index (χ0v) is 18.3. The van der Waals surface area contributed by atoms with Gasteiger partial charge in [-0.05, 0) is 26.7 Å². The highest BCUT2D eigenvalue weighted by Crippen LogP contribution is 2.10. The molecule has 0 aliphatic carbocycles. The molecule has 0 fully saturated rings. The van der Waals surface area contributed by atoms with Crippen molar-refractivity contribution in [2.24, 2.45) is 11.8 Å². The Morgan fingerprint density at radius 1 is 0.964 bits per heavy atom. The third-order valence-corrected chi connectivity index (χ3v) is 3.94. The summed E-state index contributed by atoms with van der Waals surface area (Å²) in [4.78, 5) is 33.9. The van der Waals surface area contributed by atoms with Crippen LogP contribution < -0.4 is 16.0 Å². The lowest BCUT2D eigenvalue weighted by Crippen LogP contribution is -2.47. The van der Waals surface area contributed by atoms with E-state index in [9.17, 15) is 14.4 Å². The fourth-order valence-corrected chi connectivity index (χ4v) is 1.77. The van der Waals surface area contributed by atoms with Gasteiger partial charge in [-0.1, -0.05) is 41.5 Å². The topological polar surface area (TPSA) is 106 Å². The molecule has 3 atom stereocenters. The Morgan fingerprint density at radius 2 is 1.50 bits per heavy atom. The molecule has 0 saturated heterocycles. The Kier molecular flexibility index (Phi) is 19.3. The third kappa shape index (κ3) is 14.4. The zero-order chi connectivity index (χ0) is 21.6. The number of likely N-dealkylation sites (N-methyl/N-ethyl adjacent to an activating group) is 1. The molecule has 0 aliphatic rings. The van der Waals surface area contributed by atoms with E-state index in [-0.39, 0.29) is 49.2 Å². The summed E-state index contributed by atoms with van der Waals surface area (Å²) < 4.78 is 9.88. The van der Waals surface area contributed by atoms with E-state index in [0.29, 0.717) is 6.73 Å². The highest BCUT2D eigenvalue weighted by Gasteiger charge is 2.27. The number of rotatable bonds is 10. The van der Waals surface area contributed by atoms with Crippen LogP contribution in [-0.4, -0.2) is 56.9 Å². The second kappa shape index (κ2) is 17.4. The van der Waals surface area contributed by atoms with E-state index >= 15 is 0 Å². The van der Waals surface area contributed by atoms with Gasteiger partial charge in [-0.3, -0.25) is 14.9 Å².